The Morgan fingerprint density at radius 1 is 1.26 bits per heavy atom. The van der Waals surface area contributed by atoms with E-state index in [0.29, 0.717) is 37.5 Å². The molecule has 0 unspecified atom stereocenters. The number of carbonyl (C=O) groups is 1. The van der Waals surface area contributed by atoms with Gasteiger partial charge < -0.3 is 14.4 Å². The Morgan fingerprint density at radius 2 is 1.93 bits per heavy atom. The quantitative estimate of drug-likeness (QED) is 0.775. The van der Waals surface area contributed by atoms with E-state index in [1.807, 2.05) is 25.7 Å². The third-order valence-electron chi connectivity index (χ3n) is 4.85. The minimum Gasteiger partial charge on any atom is -0.497 e. The second kappa shape index (κ2) is 8.00. The van der Waals surface area contributed by atoms with Crippen molar-refractivity contribution in [3.8, 4) is 11.5 Å². The van der Waals surface area contributed by atoms with E-state index in [1.54, 1.807) is 12.1 Å². The Hall–Kier alpha value is -1.89. The van der Waals surface area contributed by atoms with Crippen molar-refractivity contribution in [3.05, 3.63) is 23.8 Å². The standard InChI is InChI=1S/C20H30F2N2O3/c1-19(2,3)17(25)23-9-10-24(20(4,5)13-23)12-14-7-8-15(26-6)11-16(14)27-18(21)22/h7-8,11,18H,9-10,12-13H2,1-6H3. The normalized spacial score (nSPS) is 17.9. The molecule has 0 spiro atoms. The van der Waals surface area contributed by atoms with Crippen LogP contribution in [0.25, 0.3) is 0 Å². The van der Waals surface area contributed by atoms with Gasteiger partial charge in [-0.05, 0) is 19.9 Å². The van der Waals surface area contributed by atoms with Gasteiger partial charge in [-0.25, -0.2) is 0 Å². The number of alkyl halides is 2. The molecule has 0 saturated carbocycles. The first-order chi connectivity index (χ1) is 12.4. The van der Waals surface area contributed by atoms with Crippen LogP contribution in [0.2, 0.25) is 0 Å². The third-order valence-corrected chi connectivity index (χ3v) is 4.85. The molecule has 1 saturated heterocycles. The highest BCUT2D eigenvalue weighted by Crippen LogP contribution is 2.31. The van der Waals surface area contributed by atoms with E-state index in [2.05, 4.69) is 18.7 Å². The summed E-state index contributed by atoms with van der Waals surface area (Å²) in [5.74, 6) is 0.712. The number of piperazine rings is 1. The second-order valence-electron chi connectivity index (χ2n) is 8.56. The van der Waals surface area contributed by atoms with Crippen LogP contribution in [0.5, 0.6) is 11.5 Å². The number of benzene rings is 1. The number of methoxy groups -OCH3 is 1. The van der Waals surface area contributed by atoms with Crippen LogP contribution in [0.3, 0.4) is 0 Å². The van der Waals surface area contributed by atoms with Crippen molar-refractivity contribution in [2.24, 2.45) is 5.41 Å². The molecule has 1 amide bonds. The SMILES string of the molecule is COc1ccc(CN2CCN(C(=O)C(C)(C)C)CC2(C)C)c(OC(F)F)c1. The maximum Gasteiger partial charge on any atom is 0.387 e. The molecular formula is C20H30F2N2O3. The predicted molar refractivity (Wildman–Crippen MR) is 100 cm³/mol. The minimum atomic E-state index is -2.90. The summed E-state index contributed by atoms with van der Waals surface area (Å²) in [6.07, 6.45) is 0. The predicted octanol–water partition coefficient (Wildman–Crippen LogP) is 3.77. The van der Waals surface area contributed by atoms with E-state index >= 15 is 0 Å². The topological polar surface area (TPSA) is 42.0 Å². The van der Waals surface area contributed by atoms with Gasteiger partial charge in [0.1, 0.15) is 11.5 Å². The van der Waals surface area contributed by atoms with Gasteiger partial charge in [0.15, 0.2) is 0 Å². The summed E-state index contributed by atoms with van der Waals surface area (Å²) >= 11 is 0. The third kappa shape index (κ3) is 5.31. The van der Waals surface area contributed by atoms with E-state index in [9.17, 15) is 13.6 Å². The van der Waals surface area contributed by atoms with Crippen molar-refractivity contribution < 1.29 is 23.0 Å². The summed E-state index contributed by atoms with van der Waals surface area (Å²) in [6.45, 7) is 9.29. The Balaban J connectivity index is 2.17. The summed E-state index contributed by atoms with van der Waals surface area (Å²) < 4.78 is 35.4. The van der Waals surface area contributed by atoms with Crippen LogP contribution < -0.4 is 9.47 Å². The molecule has 1 aromatic carbocycles. The summed E-state index contributed by atoms with van der Waals surface area (Å²) in [6, 6.07) is 4.97. The fraction of sp³-hybridized carbons (Fsp3) is 0.650. The zero-order valence-electron chi connectivity index (χ0n) is 17.0. The van der Waals surface area contributed by atoms with Gasteiger partial charge in [0.25, 0.3) is 0 Å². The molecule has 1 aromatic rings. The second-order valence-corrected chi connectivity index (χ2v) is 8.56. The molecule has 5 nitrogen and oxygen atoms in total. The van der Waals surface area contributed by atoms with Gasteiger partial charge in [-0.1, -0.05) is 26.8 Å². The highest BCUT2D eigenvalue weighted by atomic mass is 19.3. The van der Waals surface area contributed by atoms with Gasteiger partial charge in [-0.3, -0.25) is 9.69 Å². The fourth-order valence-electron chi connectivity index (χ4n) is 3.33. The van der Waals surface area contributed by atoms with Crippen LogP contribution in [-0.4, -0.2) is 54.6 Å². The number of hydrogen-bond donors (Lipinski definition) is 0. The zero-order valence-corrected chi connectivity index (χ0v) is 17.0. The van der Waals surface area contributed by atoms with E-state index in [1.165, 1.54) is 13.2 Å². The molecule has 0 aromatic heterocycles. The van der Waals surface area contributed by atoms with Gasteiger partial charge in [0.05, 0.1) is 7.11 Å². The monoisotopic (exact) mass is 384 g/mol. The molecular weight excluding hydrogens is 354 g/mol. The Bertz CT molecular complexity index is 672. The number of nitrogens with zero attached hydrogens (tertiary/aromatic N) is 2. The van der Waals surface area contributed by atoms with Crippen LogP contribution in [-0.2, 0) is 11.3 Å². The summed E-state index contributed by atoms with van der Waals surface area (Å²) in [4.78, 5) is 16.7. The van der Waals surface area contributed by atoms with Crippen LogP contribution in [0.15, 0.2) is 18.2 Å². The molecule has 0 atom stereocenters. The average molecular weight is 384 g/mol. The highest BCUT2D eigenvalue weighted by molar-refractivity contribution is 5.81. The number of ether oxygens (including phenoxy) is 2. The van der Waals surface area contributed by atoms with Crippen LogP contribution in [0, 0.1) is 5.41 Å². The average Bonchev–Trinajstić information content (AvgIpc) is 2.55. The van der Waals surface area contributed by atoms with Crippen molar-refractivity contribution in [1.82, 2.24) is 9.80 Å². The molecule has 1 aliphatic rings. The number of hydrogen-bond acceptors (Lipinski definition) is 4. The Labute approximate surface area is 160 Å². The first-order valence-corrected chi connectivity index (χ1v) is 9.10. The van der Waals surface area contributed by atoms with E-state index < -0.39 is 12.0 Å². The molecule has 0 aliphatic carbocycles. The lowest BCUT2D eigenvalue weighted by atomic mass is 9.91. The molecule has 2 rings (SSSR count). The van der Waals surface area contributed by atoms with Gasteiger partial charge in [-0.15, -0.1) is 0 Å². The van der Waals surface area contributed by atoms with E-state index in [-0.39, 0.29) is 17.2 Å². The van der Waals surface area contributed by atoms with E-state index in [0.717, 1.165) is 0 Å². The zero-order chi connectivity index (χ0) is 20.4. The first-order valence-electron chi connectivity index (χ1n) is 9.10. The molecule has 7 heteroatoms. The van der Waals surface area contributed by atoms with Crippen LogP contribution >= 0.6 is 0 Å². The summed E-state index contributed by atoms with van der Waals surface area (Å²) in [5.41, 5.74) is -0.0481. The molecule has 27 heavy (non-hydrogen) atoms. The molecule has 0 bridgehead atoms. The molecule has 1 fully saturated rings. The molecule has 0 radical (unpaired) electrons. The lowest BCUT2D eigenvalue weighted by molar-refractivity contribution is -0.144. The molecule has 152 valence electrons. The van der Waals surface area contributed by atoms with Crippen molar-refractivity contribution >= 4 is 5.91 Å². The fourth-order valence-corrected chi connectivity index (χ4v) is 3.33. The number of halogens is 2. The van der Waals surface area contributed by atoms with Crippen LogP contribution in [0.4, 0.5) is 8.78 Å². The number of amides is 1. The maximum atomic E-state index is 12.8. The number of rotatable bonds is 5. The smallest absolute Gasteiger partial charge is 0.387 e. The Kier molecular flexibility index (Phi) is 6.35. The minimum absolute atomic E-state index is 0.119. The van der Waals surface area contributed by atoms with Gasteiger partial charge in [-0.2, -0.15) is 8.78 Å². The van der Waals surface area contributed by atoms with Crippen molar-refractivity contribution in [3.63, 3.8) is 0 Å². The van der Waals surface area contributed by atoms with Gasteiger partial charge in [0, 0.05) is 48.8 Å². The largest absolute Gasteiger partial charge is 0.497 e. The summed E-state index contributed by atoms with van der Waals surface area (Å²) in [7, 11) is 1.48. The first kappa shape index (κ1) is 21.4. The van der Waals surface area contributed by atoms with Crippen molar-refractivity contribution in [2.45, 2.75) is 53.3 Å². The number of carbonyl (C=O) groups excluding carboxylic acids is 1. The maximum absolute atomic E-state index is 12.8. The summed E-state index contributed by atoms with van der Waals surface area (Å²) in [5, 5.41) is 0. The van der Waals surface area contributed by atoms with Crippen molar-refractivity contribution in [2.75, 3.05) is 26.7 Å². The van der Waals surface area contributed by atoms with Gasteiger partial charge in [0.2, 0.25) is 5.91 Å². The van der Waals surface area contributed by atoms with Crippen LogP contribution in [0.1, 0.15) is 40.2 Å². The Morgan fingerprint density at radius 3 is 2.44 bits per heavy atom. The molecule has 1 aliphatic heterocycles. The lowest BCUT2D eigenvalue weighted by Gasteiger charge is -2.48. The van der Waals surface area contributed by atoms with Crippen molar-refractivity contribution in [1.29, 1.82) is 0 Å². The lowest BCUT2D eigenvalue weighted by Crippen LogP contribution is -2.61. The molecule has 1 heterocycles. The molecule has 0 N–H and O–H groups in total. The van der Waals surface area contributed by atoms with E-state index in [4.69, 9.17) is 9.47 Å². The van der Waals surface area contributed by atoms with Gasteiger partial charge >= 0.3 is 6.61 Å². The highest BCUT2D eigenvalue weighted by Gasteiger charge is 2.38.